The van der Waals surface area contributed by atoms with Gasteiger partial charge in [0.15, 0.2) is 0 Å². The smallest absolute Gasteiger partial charge is 0.237 e. The van der Waals surface area contributed by atoms with Gasteiger partial charge >= 0.3 is 0 Å². The van der Waals surface area contributed by atoms with Crippen molar-refractivity contribution in [1.82, 2.24) is 15.4 Å². The highest BCUT2D eigenvalue weighted by Gasteiger charge is 2.21. The van der Waals surface area contributed by atoms with Gasteiger partial charge in [-0.2, -0.15) is 0 Å². The maximum absolute atomic E-state index is 5.69. The van der Waals surface area contributed by atoms with Crippen LogP contribution in [0.25, 0.3) is 0 Å². The summed E-state index contributed by atoms with van der Waals surface area (Å²) in [5, 5.41) is 0. The first-order valence-corrected chi connectivity index (χ1v) is 7.30. The number of rotatable bonds is 4. The Bertz CT molecular complexity index is 581. The summed E-state index contributed by atoms with van der Waals surface area (Å²) in [4.78, 5) is 8.47. The van der Waals surface area contributed by atoms with E-state index in [1.807, 2.05) is 18.2 Å². The zero-order valence-electron chi connectivity index (χ0n) is 10.1. The lowest BCUT2D eigenvalue weighted by Gasteiger charge is -2.19. The maximum Gasteiger partial charge on any atom is 0.237 e. The van der Waals surface area contributed by atoms with E-state index in [0.29, 0.717) is 11.6 Å². The van der Waals surface area contributed by atoms with E-state index in [4.69, 9.17) is 10.6 Å². The molecular weight excluding hydrogens is 423 g/mol. The van der Waals surface area contributed by atoms with Crippen molar-refractivity contribution in [2.45, 2.75) is 6.04 Å². The predicted molar refractivity (Wildman–Crippen MR) is 84.6 cm³/mol. The van der Waals surface area contributed by atoms with Crippen molar-refractivity contribution in [2.24, 2.45) is 5.84 Å². The highest BCUT2D eigenvalue weighted by molar-refractivity contribution is 14.1. The molecular formula is C12H12BrIN4O. The topological polar surface area (TPSA) is 73.1 Å². The molecule has 100 valence electrons. The fourth-order valence-electron chi connectivity index (χ4n) is 1.74. The number of hydrogen-bond donors (Lipinski definition) is 2. The lowest BCUT2D eigenvalue weighted by Crippen LogP contribution is -2.30. The molecule has 2 aromatic rings. The molecule has 0 spiro atoms. The first-order chi connectivity index (χ1) is 9.17. The summed E-state index contributed by atoms with van der Waals surface area (Å²) < 4.78 is 7.29. The summed E-state index contributed by atoms with van der Waals surface area (Å²) in [6, 6.07) is 5.70. The molecule has 1 atom stereocenters. The van der Waals surface area contributed by atoms with Crippen LogP contribution in [0.5, 0.6) is 5.88 Å². The number of hydrazine groups is 1. The number of halogens is 2. The van der Waals surface area contributed by atoms with Crippen LogP contribution in [0.15, 0.2) is 35.1 Å². The van der Waals surface area contributed by atoms with Gasteiger partial charge in [0, 0.05) is 20.4 Å². The van der Waals surface area contributed by atoms with Crippen molar-refractivity contribution in [3.63, 3.8) is 0 Å². The van der Waals surface area contributed by atoms with Gasteiger partial charge in [-0.1, -0.05) is 15.9 Å². The van der Waals surface area contributed by atoms with Crippen molar-refractivity contribution >= 4 is 38.5 Å². The van der Waals surface area contributed by atoms with E-state index in [0.717, 1.165) is 13.6 Å². The molecule has 1 heterocycles. The van der Waals surface area contributed by atoms with Gasteiger partial charge in [-0.15, -0.1) is 0 Å². The van der Waals surface area contributed by atoms with E-state index in [2.05, 4.69) is 53.9 Å². The Balaban J connectivity index is 2.53. The number of nitrogens with one attached hydrogen (secondary N) is 1. The molecule has 0 amide bonds. The summed E-state index contributed by atoms with van der Waals surface area (Å²) in [7, 11) is 1.56. The van der Waals surface area contributed by atoms with Gasteiger partial charge in [0.2, 0.25) is 5.88 Å². The second-order valence-corrected chi connectivity index (χ2v) is 5.79. The van der Waals surface area contributed by atoms with Gasteiger partial charge in [-0.05, 0) is 46.4 Å². The van der Waals surface area contributed by atoms with Crippen LogP contribution in [0.4, 0.5) is 0 Å². The van der Waals surface area contributed by atoms with E-state index in [1.165, 1.54) is 0 Å². The average molecular weight is 435 g/mol. The Morgan fingerprint density at radius 1 is 1.37 bits per heavy atom. The molecule has 1 unspecified atom stereocenters. The lowest BCUT2D eigenvalue weighted by molar-refractivity contribution is 0.383. The molecule has 1 aromatic heterocycles. The Hall–Kier alpha value is -0.770. The Kier molecular flexibility index (Phi) is 5.08. The van der Waals surface area contributed by atoms with Crippen molar-refractivity contribution in [3.05, 3.63) is 49.9 Å². The van der Waals surface area contributed by atoms with Gasteiger partial charge in [-0.3, -0.25) is 10.8 Å². The number of ether oxygens (including phenoxy) is 1. The fraction of sp³-hybridized carbons (Fsp3) is 0.167. The zero-order chi connectivity index (χ0) is 13.8. The van der Waals surface area contributed by atoms with Crippen LogP contribution < -0.4 is 16.0 Å². The van der Waals surface area contributed by atoms with Crippen LogP contribution in [0, 0.1) is 3.57 Å². The SMILES string of the molecule is COc1nccnc1C(NN)c1cc(Br)ccc1I. The predicted octanol–water partition coefficient (Wildman–Crippen LogP) is 2.41. The molecule has 0 saturated heterocycles. The molecule has 5 nitrogen and oxygen atoms in total. The molecule has 0 aliphatic carbocycles. The van der Waals surface area contributed by atoms with E-state index in [-0.39, 0.29) is 6.04 Å². The molecule has 0 radical (unpaired) electrons. The third-order valence-corrected chi connectivity index (χ3v) is 4.07. The van der Waals surface area contributed by atoms with E-state index in [9.17, 15) is 0 Å². The fourth-order valence-corrected chi connectivity index (χ4v) is 2.77. The molecule has 0 bridgehead atoms. The number of aromatic nitrogens is 2. The molecule has 0 saturated carbocycles. The number of nitrogens with zero attached hydrogens (tertiary/aromatic N) is 2. The van der Waals surface area contributed by atoms with Gasteiger partial charge < -0.3 is 4.74 Å². The second-order valence-electron chi connectivity index (χ2n) is 3.72. The highest BCUT2D eigenvalue weighted by Crippen LogP contribution is 2.30. The Labute approximate surface area is 133 Å². The Morgan fingerprint density at radius 2 is 2.11 bits per heavy atom. The summed E-state index contributed by atoms with van der Waals surface area (Å²) in [6.45, 7) is 0. The number of methoxy groups -OCH3 is 1. The van der Waals surface area contributed by atoms with Crippen LogP contribution in [-0.2, 0) is 0 Å². The second kappa shape index (κ2) is 6.60. The first kappa shape index (κ1) is 14.6. The van der Waals surface area contributed by atoms with Crippen molar-refractivity contribution in [2.75, 3.05) is 7.11 Å². The quantitative estimate of drug-likeness (QED) is 0.439. The monoisotopic (exact) mass is 434 g/mol. The van der Waals surface area contributed by atoms with Crippen LogP contribution in [0.1, 0.15) is 17.3 Å². The lowest BCUT2D eigenvalue weighted by atomic mass is 10.0. The number of nitrogens with two attached hydrogens (primary N) is 1. The largest absolute Gasteiger partial charge is 0.480 e. The van der Waals surface area contributed by atoms with Gasteiger partial charge in [-0.25, -0.2) is 10.4 Å². The third kappa shape index (κ3) is 3.22. The molecule has 3 N–H and O–H groups in total. The van der Waals surface area contributed by atoms with Crippen molar-refractivity contribution in [1.29, 1.82) is 0 Å². The zero-order valence-corrected chi connectivity index (χ0v) is 13.8. The minimum Gasteiger partial charge on any atom is -0.480 e. The summed E-state index contributed by atoms with van der Waals surface area (Å²) in [5.41, 5.74) is 4.44. The van der Waals surface area contributed by atoms with Gasteiger partial charge in [0.25, 0.3) is 0 Å². The molecule has 0 aliphatic heterocycles. The first-order valence-electron chi connectivity index (χ1n) is 5.43. The van der Waals surface area contributed by atoms with Crippen LogP contribution >= 0.6 is 38.5 Å². The molecule has 1 aromatic carbocycles. The van der Waals surface area contributed by atoms with Crippen LogP contribution in [0.2, 0.25) is 0 Å². The standard InChI is InChI=1S/C12H12BrIN4O/c1-19-12-11(16-4-5-17-12)10(18-15)8-6-7(13)2-3-9(8)14/h2-6,10,18H,15H2,1H3. The molecule has 2 rings (SSSR count). The molecule has 0 fully saturated rings. The molecule has 7 heteroatoms. The van der Waals surface area contributed by atoms with Gasteiger partial charge in [0.05, 0.1) is 13.2 Å². The number of hydrogen-bond acceptors (Lipinski definition) is 5. The normalized spacial score (nSPS) is 12.2. The minimum absolute atomic E-state index is 0.284. The third-order valence-electron chi connectivity index (χ3n) is 2.59. The van der Waals surface area contributed by atoms with E-state index >= 15 is 0 Å². The summed E-state index contributed by atoms with van der Waals surface area (Å²) in [6.07, 6.45) is 3.20. The minimum atomic E-state index is -0.284. The Morgan fingerprint density at radius 3 is 2.79 bits per heavy atom. The molecule has 19 heavy (non-hydrogen) atoms. The highest BCUT2D eigenvalue weighted by atomic mass is 127. The summed E-state index contributed by atoms with van der Waals surface area (Å²) in [5.74, 6) is 6.15. The van der Waals surface area contributed by atoms with Crippen molar-refractivity contribution in [3.8, 4) is 5.88 Å². The van der Waals surface area contributed by atoms with Crippen LogP contribution in [-0.4, -0.2) is 17.1 Å². The van der Waals surface area contributed by atoms with Gasteiger partial charge in [0.1, 0.15) is 5.69 Å². The molecule has 0 aliphatic rings. The average Bonchev–Trinajstić information content (AvgIpc) is 2.44. The van der Waals surface area contributed by atoms with Crippen molar-refractivity contribution < 1.29 is 4.74 Å². The maximum atomic E-state index is 5.69. The van der Waals surface area contributed by atoms with E-state index in [1.54, 1.807) is 19.5 Å². The summed E-state index contributed by atoms with van der Waals surface area (Å²) >= 11 is 5.72. The number of benzene rings is 1. The van der Waals surface area contributed by atoms with Crippen LogP contribution in [0.3, 0.4) is 0 Å². The van der Waals surface area contributed by atoms with E-state index < -0.39 is 0 Å².